The molecule has 7 nitrogen and oxygen atoms in total. The molecule has 2 aromatic rings. The van der Waals surface area contributed by atoms with E-state index >= 15 is 0 Å². The zero-order valence-electron chi connectivity index (χ0n) is 14.5. The second-order valence-corrected chi connectivity index (χ2v) is 6.11. The van der Waals surface area contributed by atoms with Crippen LogP contribution in [0.25, 0.3) is 0 Å². The monoisotopic (exact) mass is 350 g/mol. The highest BCUT2D eigenvalue weighted by molar-refractivity contribution is 6.19. The van der Waals surface area contributed by atoms with Gasteiger partial charge >= 0.3 is 0 Å². The molecule has 4 rings (SSSR count). The van der Waals surface area contributed by atoms with E-state index in [0.29, 0.717) is 35.1 Å². The van der Waals surface area contributed by atoms with Crippen LogP contribution in [0.5, 0.6) is 5.75 Å². The third-order valence-corrected chi connectivity index (χ3v) is 4.55. The van der Waals surface area contributed by atoms with Gasteiger partial charge in [-0.25, -0.2) is 0 Å². The molecule has 2 amide bonds. The molecule has 2 aliphatic rings. The van der Waals surface area contributed by atoms with Gasteiger partial charge in [-0.3, -0.25) is 19.5 Å². The molecule has 1 N–H and O–H groups in total. The van der Waals surface area contributed by atoms with Crippen molar-refractivity contribution in [2.24, 2.45) is 4.99 Å². The van der Waals surface area contributed by atoms with E-state index in [0.717, 1.165) is 12.2 Å². The zero-order valence-corrected chi connectivity index (χ0v) is 14.5. The lowest BCUT2D eigenvalue weighted by Crippen LogP contribution is -2.48. The van der Waals surface area contributed by atoms with E-state index in [1.54, 1.807) is 55.5 Å². The number of anilines is 2. The lowest BCUT2D eigenvalue weighted by Gasteiger charge is -2.33. The Morgan fingerprint density at radius 2 is 1.96 bits per heavy atom. The van der Waals surface area contributed by atoms with Crippen molar-refractivity contribution in [2.75, 3.05) is 37.5 Å². The largest absolute Gasteiger partial charge is 0.497 e. The van der Waals surface area contributed by atoms with Gasteiger partial charge in [0.25, 0.3) is 11.8 Å². The van der Waals surface area contributed by atoms with Crippen LogP contribution in [0.4, 0.5) is 11.4 Å². The summed E-state index contributed by atoms with van der Waals surface area (Å²) in [6.45, 7) is 1.42. The maximum absolute atomic E-state index is 12.6. The van der Waals surface area contributed by atoms with Crippen molar-refractivity contribution in [3.05, 3.63) is 53.6 Å². The van der Waals surface area contributed by atoms with Crippen LogP contribution in [0, 0.1) is 0 Å². The third-order valence-electron chi connectivity index (χ3n) is 4.55. The molecule has 0 bridgehead atoms. The first-order valence-corrected chi connectivity index (χ1v) is 8.28. The molecular formula is C19H18N4O3. The SMILES string of the molecule is COc1ccc(C(=O)Nc2ccc3c(c2)C(=O)N(C)C2=NCCN23)cc1. The van der Waals surface area contributed by atoms with Gasteiger partial charge in [0, 0.05) is 24.8 Å². The van der Waals surface area contributed by atoms with Crippen molar-refractivity contribution in [1.82, 2.24) is 4.90 Å². The van der Waals surface area contributed by atoms with Gasteiger partial charge in [-0.2, -0.15) is 0 Å². The summed E-state index contributed by atoms with van der Waals surface area (Å²) in [5.41, 5.74) is 2.47. The van der Waals surface area contributed by atoms with E-state index in [1.165, 1.54) is 0 Å². The predicted octanol–water partition coefficient (Wildman–Crippen LogP) is 2.21. The number of fused-ring (bicyclic) bond motifs is 3. The zero-order chi connectivity index (χ0) is 18.3. The van der Waals surface area contributed by atoms with Crippen LogP contribution in [0.15, 0.2) is 47.5 Å². The van der Waals surface area contributed by atoms with Crippen LogP contribution >= 0.6 is 0 Å². The van der Waals surface area contributed by atoms with Crippen molar-refractivity contribution in [3.8, 4) is 5.75 Å². The number of carbonyl (C=O) groups excluding carboxylic acids is 2. The Morgan fingerprint density at radius 1 is 1.19 bits per heavy atom. The van der Waals surface area contributed by atoms with Crippen LogP contribution < -0.4 is 15.0 Å². The summed E-state index contributed by atoms with van der Waals surface area (Å²) in [7, 11) is 3.29. The van der Waals surface area contributed by atoms with Crippen LogP contribution in [0.1, 0.15) is 20.7 Å². The molecule has 0 fully saturated rings. The Hall–Kier alpha value is -3.35. The number of benzene rings is 2. The molecule has 0 spiro atoms. The first-order valence-electron chi connectivity index (χ1n) is 8.28. The van der Waals surface area contributed by atoms with Gasteiger partial charge in [-0.05, 0) is 42.5 Å². The Labute approximate surface area is 150 Å². The van der Waals surface area contributed by atoms with E-state index < -0.39 is 0 Å². The van der Waals surface area contributed by atoms with Crippen molar-refractivity contribution in [2.45, 2.75) is 0 Å². The molecule has 0 aromatic heterocycles. The van der Waals surface area contributed by atoms with Crippen LogP contribution in [-0.2, 0) is 0 Å². The fourth-order valence-corrected chi connectivity index (χ4v) is 3.19. The summed E-state index contributed by atoms with van der Waals surface area (Å²) < 4.78 is 5.10. The van der Waals surface area contributed by atoms with Gasteiger partial charge in [0.2, 0.25) is 5.96 Å². The van der Waals surface area contributed by atoms with Crippen LogP contribution in [0.2, 0.25) is 0 Å². The van der Waals surface area contributed by atoms with Gasteiger partial charge in [-0.1, -0.05) is 0 Å². The summed E-state index contributed by atoms with van der Waals surface area (Å²) in [5, 5.41) is 2.84. The number of methoxy groups -OCH3 is 1. The highest BCUT2D eigenvalue weighted by atomic mass is 16.5. The van der Waals surface area contributed by atoms with Crippen molar-refractivity contribution in [3.63, 3.8) is 0 Å². The lowest BCUT2D eigenvalue weighted by atomic mass is 10.1. The molecule has 0 radical (unpaired) electrons. The fraction of sp³-hybridized carbons (Fsp3) is 0.211. The molecule has 2 aliphatic heterocycles. The number of aliphatic imine (C=N–C) groups is 1. The average Bonchev–Trinajstić information content (AvgIpc) is 3.16. The Kier molecular flexibility index (Phi) is 3.84. The fourth-order valence-electron chi connectivity index (χ4n) is 3.19. The Bertz CT molecular complexity index is 921. The van der Waals surface area contributed by atoms with Gasteiger partial charge in [0.1, 0.15) is 5.75 Å². The highest BCUT2D eigenvalue weighted by Gasteiger charge is 2.35. The normalized spacial score (nSPS) is 15.3. The highest BCUT2D eigenvalue weighted by Crippen LogP contribution is 2.32. The third kappa shape index (κ3) is 2.57. The second-order valence-electron chi connectivity index (χ2n) is 6.11. The number of amides is 2. The average molecular weight is 350 g/mol. The Morgan fingerprint density at radius 3 is 2.69 bits per heavy atom. The van der Waals surface area contributed by atoms with Crippen molar-refractivity contribution < 1.29 is 14.3 Å². The quantitative estimate of drug-likeness (QED) is 0.921. The number of nitrogens with one attached hydrogen (secondary N) is 1. The molecule has 0 saturated carbocycles. The van der Waals surface area contributed by atoms with Crippen LogP contribution in [0.3, 0.4) is 0 Å². The smallest absolute Gasteiger partial charge is 0.262 e. The van der Waals surface area contributed by atoms with Crippen LogP contribution in [-0.4, -0.2) is 49.9 Å². The van der Waals surface area contributed by atoms with E-state index in [1.807, 2.05) is 11.0 Å². The molecule has 26 heavy (non-hydrogen) atoms. The van der Waals surface area contributed by atoms with Crippen molar-refractivity contribution >= 4 is 29.1 Å². The number of guanidine groups is 1. The minimum absolute atomic E-state index is 0.127. The second kappa shape index (κ2) is 6.18. The van der Waals surface area contributed by atoms with E-state index in [-0.39, 0.29) is 11.8 Å². The summed E-state index contributed by atoms with van der Waals surface area (Å²) in [6, 6.07) is 12.2. The molecule has 7 heteroatoms. The number of ether oxygens (including phenoxy) is 1. The summed E-state index contributed by atoms with van der Waals surface area (Å²) in [5.74, 6) is 0.995. The predicted molar refractivity (Wildman–Crippen MR) is 99.1 cm³/mol. The number of rotatable bonds is 3. The molecule has 0 aliphatic carbocycles. The number of hydrogen-bond acceptors (Lipinski definition) is 5. The molecule has 0 unspecified atom stereocenters. The number of hydrogen-bond donors (Lipinski definition) is 1. The minimum Gasteiger partial charge on any atom is -0.497 e. The topological polar surface area (TPSA) is 74.2 Å². The molecule has 0 atom stereocenters. The number of nitrogens with zero attached hydrogens (tertiary/aromatic N) is 3. The minimum atomic E-state index is -0.243. The van der Waals surface area contributed by atoms with Gasteiger partial charge < -0.3 is 15.0 Å². The molecule has 2 heterocycles. The summed E-state index contributed by atoms with van der Waals surface area (Å²) in [4.78, 5) is 33.0. The van der Waals surface area contributed by atoms with E-state index in [2.05, 4.69) is 10.3 Å². The van der Waals surface area contributed by atoms with Gasteiger partial charge in [-0.15, -0.1) is 0 Å². The first kappa shape index (κ1) is 16.1. The Balaban J connectivity index is 1.60. The van der Waals surface area contributed by atoms with E-state index in [9.17, 15) is 9.59 Å². The summed E-state index contributed by atoms with van der Waals surface area (Å²) >= 11 is 0. The van der Waals surface area contributed by atoms with Gasteiger partial charge in [0.05, 0.1) is 24.9 Å². The molecule has 132 valence electrons. The number of carbonyl (C=O) groups is 2. The maximum Gasteiger partial charge on any atom is 0.262 e. The molecular weight excluding hydrogens is 332 g/mol. The molecule has 0 saturated heterocycles. The van der Waals surface area contributed by atoms with Crippen molar-refractivity contribution in [1.29, 1.82) is 0 Å². The standard InChI is InChI=1S/C19H18N4O3/c1-22-18(25)15-11-13(5-8-16(15)23-10-9-20-19(22)23)21-17(24)12-3-6-14(26-2)7-4-12/h3-8,11H,9-10H2,1-2H3,(H,21,24). The van der Waals surface area contributed by atoms with Gasteiger partial charge in [0.15, 0.2) is 0 Å². The van der Waals surface area contributed by atoms with E-state index in [4.69, 9.17) is 4.74 Å². The lowest BCUT2D eigenvalue weighted by molar-refractivity contribution is 0.0865. The molecule has 2 aromatic carbocycles. The first-order chi connectivity index (χ1) is 12.6. The summed E-state index contributed by atoms with van der Waals surface area (Å²) in [6.07, 6.45) is 0. The maximum atomic E-state index is 12.6.